The predicted molar refractivity (Wildman–Crippen MR) is 74.6 cm³/mol. The maximum atomic E-state index is 12.6. The van der Waals surface area contributed by atoms with Gasteiger partial charge in [-0.2, -0.15) is 4.31 Å². The fourth-order valence-electron chi connectivity index (χ4n) is 2.42. The molecule has 1 fully saturated rings. The van der Waals surface area contributed by atoms with E-state index in [9.17, 15) is 18.3 Å². The average molecular weight is 314 g/mol. The van der Waals surface area contributed by atoms with Crippen molar-refractivity contribution >= 4 is 16.0 Å². The number of rotatable bonds is 5. The zero-order valence-corrected chi connectivity index (χ0v) is 12.8. The van der Waals surface area contributed by atoms with Crippen LogP contribution >= 0.6 is 0 Å². The highest BCUT2D eigenvalue weighted by atomic mass is 32.2. The van der Waals surface area contributed by atoms with Crippen molar-refractivity contribution in [3.63, 3.8) is 0 Å². The smallest absolute Gasteiger partial charge is 0.324 e. The Labute approximate surface area is 123 Å². The molecule has 0 aromatic carbocycles. The van der Waals surface area contributed by atoms with Gasteiger partial charge in [0.2, 0.25) is 15.9 Å². The number of carboxylic acid groups (broad SMARTS) is 1. The van der Waals surface area contributed by atoms with Crippen molar-refractivity contribution in [3.8, 4) is 5.88 Å². The summed E-state index contributed by atoms with van der Waals surface area (Å²) in [6.07, 6.45) is 2.01. The van der Waals surface area contributed by atoms with Gasteiger partial charge < -0.3 is 9.84 Å². The number of sulfonamides is 1. The van der Waals surface area contributed by atoms with Crippen LogP contribution in [0.4, 0.5) is 0 Å². The van der Waals surface area contributed by atoms with E-state index in [1.165, 1.54) is 25.3 Å². The molecule has 0 bridgehead atoms. The molecule has 8 heteroatoms. The summed E-state index contributed by atoms with van der Waals surface area (Å²) in [6.45, 7) is 3.86. The highest BCUT2D eigenvalue weighted by Crippen LogP contribution is 2.34. The monoisotopic (exact) mass is 314 g/mol. The molecule has 0 spiro atoms. The molecule has 0 amide bonds. The van der Waals surface area contributed by atoms with E-state index in [1.54, 1.807) is 6.92 Å². The van der Waals surface area contributed by atoms with Crippen molar-refractivity contribution < 1.29 is 23.1 Å². The lowest BCUT2D eigenvalue weighted by Crippen LogP contribution is -2.50. The van der Waals surface area contributed by atoms with Gasteiger partial charge in [0.1, 0.15) is 10.4 Å². The number of aliphatic carboxylic acids is 1. The lowest BCUT2D eigenvalue weighted by Gasteiger charge is -2.30. The molecule has 1 unspecified atom stereocenters. The highest BCUT2D eigenvalue weighted by Gasteiger charge is 2.49. The summed E-state index contributed by atoms with van der Waals surface area (Å²) >= 11 is 0. The molecular weight excluding hydrogens is 296 g/mol. The van der Waals surface area contributed by atoms with Gasteiger partial charge in [-0.05, 0) is 32.8 Å². The molecule has 1 atom stereocenters. The molecule has 1 saturated heterocycles. The van der Waals surface area contributed by atoms with E-state index in [-0.39, 0.29) is 11.4 Å². The molecule has 21 heavy (non-hydrogen) atoms. The molecule has 0 saturated carbocycles. The second kappa shape index (κ2) is 5.61. The fraction of sp³-hybridized carbons (Fsp3) is 0.538. The molecule has 1 aliphatic rings. The van der Waals surface area contributed by atoms with Crippen LogP contribution in [0.25, 0.3) is 0 Å². The second-order valence-corrected chi connectivity index (χ2v) is 6.89. The van der Waals surface area contributed by atoms with Crippen molar-refractivity contribution in [2.45, 2.75) is 37.1 Å². The largest absolute Gasteiger partial charge is 0.480 e. The van der Waals surface area contributed by atoms with E-state index in [2.05, 4.69) is 4.98 Å². The fourth-order valence-corrected chi connectivity index (χ4v) is 4.17. The lowest BCUT2D eigenvalue weighted by atomic mass is 10.0. The molecule has 1 N–H and O–H groups in total. The number of pyridine rings is 1. The summed E-state index contributed by atoms with van der Waals surface area (Å²) in [5.41, 5.74) is -1.41. The van der Waals surface area contributed by atoms with E-state index in [0.717, 1.165) is 4.31 Å². The van der Waals surface area contributed by atoms with Crippen LogP contribution in [0.3, 0.4) is 0 Å². The summed E-state index contributed by atoms with van der Waals surface area (Å²) < 4.78 is 31.4. The molecule has 7 nitrogen and oxygen atoms in total. The summed E-state index contributed by atoms with van der Waals surface area (Å²) in [7, 11) is -3.89. The van der Waals surface area contributed by atoms with Gasteiger partial charge in [0.25, 0.3) is 0 Å². The Morgan fingerprint density at radius 3 is 2.76 bits per heavy atom. The first-order chi connectivity index (χ1) is 9.82. The molecule has 1 aromatic heterocycles. The third-order valence-electron chi connectivity index (χ3n) is 3.63. The van der Waals surface area contributed by atoms with Crippen molar-refractivity contribution in [2.24, 2.45) is 0 Å². The van der Waals surface area contributed by atoms with Crippen LogP contribution in [-0.4, -0.2) is 47.5 Å². The highest BCUT2D eigenvalue weighted by molar-refractivity contribution is 7.89. The number of carbonyl (C=O) groups is 1. The minimum atomic E-state index is -3.89. The maximum Gasteiger partial charge on any atom is 0.324 e. The minimum absolute atomic E-state index is 0.0275. The number of hydrogen-bond acceptors (Lipinski definition) is 5. The number of carboxylic acids is 1. The number of ether oxygens (including phenoxy) is 1. The van der Waals surface area contributed by atoms with E-state index < -0.39 is 21.5 Å². The zero-order valence-electron chi connectivity index (χ0n) is 11.9. The molecule has 0 aliphatic carbocycles. The quantitative estimate of drug-likeness (QED) is 0.874. The van der Waals surface area contributed by atoms with E-state index >= 15 is 0 Å². The van der Waals surface area contributed by atoms with E-state index in [4.69, 9.17) is 4.74 Å². The van der Waals surface area contributed by atoms with E-state index in [0.29, 0.717) is 25.3 Å². The molecule has 0 radical (unpaired) electrons. The molecular formula is C13H18N2O5S. The topological polar surface area (TPSA) is 96.8 Å². The zero-order chi connectivity index (χ0) is 15.7. The van der Waals surface area contributed by atoms with Gasteiger partial charge in [0.05, 0.1) is 12.8 Å². The van der Waals surface area contributed by atoms with E-state index in [1.807, 2.05) is 0 Å². The van der Waals surface area contributed by atoms with Crippen molar-refractivity contribution in [1.82, 2.24) is 9.29 Å². The molecule has 1 aliphatic heterocycles. The number of nitrogens with zero attached hydrogens (tertiary/aromatic N) is 2. The Morgan fingerprint density at radius 2 is 2.24 bits per heavy atom. The Kier molecular flexibility index (Phi) is 4.20. The van der Waals surface area contributed by atoms with Crippen LogP contribution in [-0.2, 0) is 14.8 Å². The maximum absolute atomic E-state index is 12.6. The standard InChI is InChI=1S/C13H18N2O5S/c1-3-20-11-6-5-10(9-14-11)21(18,19)15-8-4-7-13(15,2)12(16)17/h5-6,9H,3-4,7-8H2,1-2H3,(H,16,17). The lowest BCUT2D eigenvalue weighted by molar-refractivity contribution is -0.146. The van der Waals surface area contributed by atoms with Crippen molar-refractivity contribution in [1.29, 1.82) is 0 Å². The molecule has 2 rings (SSSR count). The summed E-state index contributed by atoms with van der Waals surface area (Å²) in [4.78, 5) is 15.3. The normalized spacial score (nSPS) is 23.1. The average Bonchev–Trinajstić information content (AvgIpc) is 2.84. The predicted octanol–water partition coefficient (Wildman–Crippen LogP) is 1.11. The van der Waals surface area contributed by atoms with Crippen LogP contribution in [0.1, 0.15) is 26.7 Å². The van der Waals surface area contributed by atoms with Crippen molar-refractivity contribution in [3.05, 3.63) is 18.3 Å². The first kappa shape index (κ1) is 15.7. The molecule has 116 valence electrons. The van der Waals surface area contributed by atoms with Gasteiger partial charge in [0, 0.05) is 12.6 Å². The second-order valence-electron chi connectivity index (χ2n) is 5.02. The van der Waals surface area contributed by atoms with Crippen LogP contribution in [0, 0.1) is 0 Å². The Morgan fingerprint density at radius 1 is 1.52 bits per heavy atom. The summed E-state index contributed by atoms with van der Waals surface area (Å²) in [5, 5.41) is 9.33. The summed E-state index contributed by atoms with van der Waals surface area (Å²) in [5.74, 6) is -0.804. The van der Waals surface area contributed by atoms with Gasteiger partial charge in [-0.1, -0.05) is 0 Å². The third kappa shape index (κ3) is 2.73. The van der Waals surface area contributed by atoms with Gasteiger partial charge in [-0.15, -0.1) is 0 Å². The minimum Gasteiger partial charge on any atom is -0.480 e. The van der Waals surface area contributed by atoms with Gasteiger partial charge in [-0.25, -0.2) is 13.4 Å². The first-order valence-electron chi connectivity index (χ1n) is 6.67. The molecule has 1 aromatic rings. The molecule has 2 heterocycles. The van der Waals surface area contributed by atoms with Crippen LogP contribution in [0.2, 0.25) is 0 Å². The van der Waals surface area contributed by atoms with Gasteiger partial charge in [-0.3, -0.25) is 4.79 Å². The number of aromatic nitrogens is 1. The first-order valence-corrected chi connectivity index (χ1v) is 8.11. The summed E-state index contributed by atoms with van der Waals surface area (Å²) in [6, 6.07) is 2.85. The van der Waals surface area contributed by atoms with Crippen LogP contribution in [0.5, 0.6) is 5.88 Å². The van der Waals surface area contributed by atoms with Crippen LogP contribution < -0.4 is 4.74 Å². The Bertz CT molecular complexity index is 628. The van der Waals surface area contributed by atoms with Crippen LogP contribution in [0.15, 0.2) is 23.2 Å². The van der Waals surface area contributed by atoms with Crippen molar-refractivity contribution in [2.75, 3.05) is 13.2 Å². The third-order valence-corrected chi connectivity index (χ3v) is 5.63. The SMILES string of the molecule is CCOc1ccc(S(=O)(=O)N2CCCC2(C)C(=O)O)cn1. The number of hydrogen-bond donors (Lipinski definition) is 1. The van der Waals surface area contributed by atoms with Gasteiger partial charge in [0.15, 0.2) is 0 Å². The van der Waals surface area contributed by atoms with Gasteiger partial charge >= 0.3 is 5.97 Å². The Hall–Kier alpha value is -1.67. The Balaban J connectivity index is 2.35.